The van der Waals surface area contributed by atoms with Crippen LogP contribution in [-0.2, 0) is 11.0 Å². The van der Waals surface area contributed by atoms with Gasteiger partial charge in [-0.3, -0.25) is 4.79 Å². The number of hydrogen-bond donors (Lipinski definition) is 0. The number of amides is 1. The van der Waals surface area contributed by atoms with E-state index >= 15 is 0 Å². The predicted octanol–water partition coefficient (Wildman–Crippen LogP) is 3.98. The average Bonchev–Trinajstić information content (AvgIpc) is 3.35. The molecule has 1 amide bonds. The Kier molecular flexibility index (Phi) is 5.23. The van der Waals surface area contributed by atoms with E-state index in [0.29, 0.717) is 31.7 Å². The zero-order chi connectivity index (χ0) is 20.6. The van der Waals surface area contributed by atoms with Gasteiger partial charge in [-0.15, -0.1) is 0 Å². The van der Waals surface area contributed by atoms with E-state index < -0.39 is 11.7 Å². The van der Waals surface area contributed by atoms with Crippen LogP contribution in [0.4, 0.5) is 19.0 Å². The Labute approximate surface area is 166 Å². The third-order valence-electron chi connectivity index (χ3n) is 5.69. The largest absolute Gasteiger partial charge is 0.419 e. The molecule has 9 heteroatoms. The molecule has 4 heterocycles. The minimum absolute atomic E-state index is 0.0256. The van der Waals surface area contributed by atoms with E-state index in [9.17, 15) is 18.0 Å². The molecule has 2 saturated heterocycles. The Hall–Kier alpha value is -2.58. The predicted molar refractivity (Wildman–Crippen MR) is 99.1 cm³/mol. The lowest BCUT2D eigenvalue weighted by Gasteiger charge is -2.36. The molecule has 0 saturated carbocycles. The van der Waals surface area contributed by atoms with Crippen LogP contribution in [0.1, 0.15) is 48.7 Å². The number of carbonyl (C=O) groups excluding carboxylic acids is 1. The van der Waals surface area contributed by atoms with Crippen molar-refractivity contribution in [1.29, 1.82) is 0 Å². The molecule has 0 spiro atoms. The Balaban J connectivity index is 1.52. The number of halogens is 3. The van der Waals surface area contributed by atoms with Crippen LogP contribution in [0.2, 0.25) is 0 Å². The lowest BCUT2D eigenvalue weighted by molar-refractivity contribution is -0.137. The number of carbonyl (C=O) groups is 1. The fourth-order valence-corrected chi connectivity index (χ4v) is 4.36. The lowest BCUT2D eigenvalue weighted by Crippen LogP contribution is -2.45. The van der Waals surface area contributed by atoms with E-state index in [0.717, 1.165) is 24.6 Å². The van der Waals surface area contributed by atoms with Crippen LogP contribution < -0.4 is 4.90 Å². The van der Waals surface area contributed by atoms with Crippen molar-refractivity contribution in [2.75, 3.05) is 24.5 Å². The van der Waals surface area contributed by atoms with Gasteiger partial charge in [0.15, 0.2) is 0 Å². The summed E-state index contributed by atoms with van der Waals surface area (Å²) in [5, 5.41) is 4.06. The summed E-state index contributed by atoms with van der Waals surface area (Å²) >= 11 is 0. The van der Waals surface area contributed by atoms with Crippen molar-refractivity contribution in [2.24, 2.45) is 5.92 Å². The van der Waals surface area contributed by atoms with E-state index in [2.05, 4.69) is 10.1 Å². The molecule has 0 bridgehead atoms. The number of hydrogen-bond acceptors (Lipinski definition) is 5. The van der Waals surface area contributed by atoms with Crippen LogP contribution in [0.3, 0.4) is 0 Å². The highest BCUT2D eigenvalue weighted by molar-refractivity contribution is 5.80. The Morgan fingerprint density at radius 3 is 2.76 bits per heavy atom. The van der Waals surface area contributed by atoms with Gasteiger partial charge < -0.3 is 14.3 Å². The third-order valence-corrected chi connectivity index (χ3v) is 5.69. The molecule has 2 atom stereocenters. The summed E-state index contributed by atoms with van der Waals surface area (Å²) in [5.41, 5.74) is -0.0182. The first-order valence-corrected chi connectivity index (χ1v) is 9.85. The molecule has 2 fully saturated rings. The Morgan fingerprint density at radius 1 is 1.24 bits per heavy atom. The molecule has 0 radical (unpaired) electrons. The van der Waals surface area contributed by atoms with Crippen LogP contribution in [0.25, 0.3) is 0 Å². The number of aromatic nitrogens is 2. The fraction of sp³-hybridized carbons (Fsp3) is 0.550. The van der Waals surface area contributed by atoms with Gasteiger partial charge >= 0.3 is 6.18 Å². The highest BCUT2D eigenvalue weighted by Crippen LogP contribution is 2.38. The second-order valence-corrected chi connectivity index (χ2v) is 7.71. The van der Waals surface area contributed by atoms with Crippen molar-refractivity contribution >= 4 is 11.7 Å². The molecule has 2 aliphatic heterocycles. The van der Waals surface area contributed by atoms with E-state index in [4.69, 9.17) is 4.52 Å². The second-order valence-electron chi connectivity index (χ2n) is 7.71. The molecule has 4 rings (SSSR count). The van der Waals surface area contributed by atoms with Gasteiger partial charge in [0.05, 0.1) is 17.5 Å². The number of pyridine rings is 1. The van der Waals surface area contributed by atoms with Gasteiger partial charge in [0.25, 0.3) is 0 Å². The van der Waals surface area contributed by atoms with E-state index in [1.54, 1.807) is 4.90 Å². The Morgan fingerprint density at radius 2 is 2.03 bits per heavy atom. The monoisotopic (exact) mass is 408 g/mol. The maximum absolute atomic E-state index is 13.4. The van der Waals surface area contributed by atoms with Gasteiger partial charge in [0.2, 0.25) is 5.91 Å². The standard InChI is InChI=1S/C20H23F3N4O2/c1-13-11-16(25-29-13)17-7-4-10-27(17)19(28)14-5-3-9-26(12-14)18-15(20(21,22)23)6-2-8-24-18/h2,6,8,11,14,17H,3-5,7,9-10,12H2,1H3. The van der Waals surface area contributed by atoms with Crippen LogP contribution in [0.15, 0.2) is 28.9 Å². The maximum Gasteiger partial charge on any atom is 0.419 e. The molecule has 0 aromatic carbocycles. The van der Waals surface area contributed by atoms with Crippen molar-refractivity contribution in [3.63, 3.8) is 0 Å². The van der Waals surface area contributed by atoms with Crippen LogP contribution >= 0.6 is 0 Å². The number of piperidine rings is 1. The van der Waals surface area contributed by atoms with Crippen LogP contribution in [-0.4, -0.2) is 40.6 Å². The van der Waals surface area contributed by atoms with Gasteiger partial charge in [-0.2, -0.15) is 13.2 Å². The summed E-state index contributed by atoms with van der Waals surface area (Å²) in [5.74, 6) is 0.211. The number of anilines is 1. The Bertz CT molecular complexity index is 883. The lowest BCUT2D eigenvalue weighted by atomic mass is 9.95. The van der Waals surface area contributed by atoms with E-state index in [-0.39, 0.29) is 30.2 Å². The molecular formula is C20H23F3N4O2. The van der Waals surface area contributed by atoms with Gasteiger partial charge in [-0.25, -0.2) is 4.98 Å². The van der Waals surface area contributed by atoms with Gasteiger partial charge in [-0.1, -0.05) is 5.16 Å². The molecule has 2 aromatic rings. The first-order chi connectivity index (χ1) is 13.8. The summed E-state index contributed by atoms with van der Waals surface area (Å²) in [4.78, 5) is 20.6. The number of aryl methyl sites for hydroxylation is 1. The molecule has 156 valence electrons. The zero-order valence-electron chi connectivity index (χ0n) is 16.2. The van der Waals surface area contributed by atoms with E-state index in [1.165, 1.54) is 12.3 Å². The van der Waals surface area contributed by atoms with Crippen molar-refractivity contribution < 1.29 is 22.5 Å². The highest BCUT2D eigenvalue weighted by atomic mass is 19.4. The summed E-state index contributed by atoms with van der Waals surface area (Å²) < 4.78 is 45.3. The first kappa shape index (κ1) is 19.7. The summed E-state index contributed by atoms with van der Waals surface area (Å²) in [6.07, 6.45) is -0.134. The van der Waals surface area contributed by atoms with Gasteiger partial charge in [0, 0.05) is 31.9 Å². The maximum atomic E-state index is 13.4. The second kappa shape index (κ2) is 7.68. The van der Waals surface area contributed by atoms with Crippen molar-refractivity contribution in [1.82, 2.24) is 15.0 Å². The molecule has 29 heavy (non-hydrogen) atoms. The quantitative estimate of drug-likeness (QED) is 0.769. The van der Waals surface area contributed by atoms with E-state index in [1.807, 2.05) is 17.9 Å². The number of nitrogens with zero attached hydrogens (tertiary/aromatic N) is 4. The molecule has 2 aromatic heterocycles. The van der Waals surface area contributed by atoms with Gasteiger partial charge in [-0.05, 0) is 44.7 Å². The smallest absolute Gasteiger partial charge is 0.361 e. The van der Waals surface area contributed by atoms with Gasteiger partial charge in [0.1, 0.15) is 17.3 Å². The first-order valence-electron chi connectivity index (χ1n) is 9.85. The average molecular weight is 408 g/mol. The van der Waals surface area contributed by atoms with Crippen molar-refractivity contribution in [2.45, 2.75) is 44.8 Å². The minimum Gasteiger partial charge on any atom is -0.361 e. The number of alkyl halides is 3. The molecule has 2 aliphatic rings. The normalized spacial score (nSPS) is 22.9. The summed E-state index contributed by atoms with van der Waals surface area (Å²) in [7, 11) is 0. The number of rotatable bonds is 3. The SMILES string of the molecule is Cc1cc(C2CCCN2C(=O)C2CCCN(c3ncccc3C(F)(F)F)C2)no1. The molecular weight excluding hydrogens is 385 g/mol. The molecule has 0 N–H and O–H groups in total. The van der Waals surface area contributed by atoms with Crippen molar-refractivity contribution in [3.8, 4) is 0 Å². The highest BCUT2D eigenvalue weighted by Gasteiger charge is 2.40. The summed E-state index contributed by atoms with van der Waals surface area (Å²) in [6.45, 7) is 3.13. The number of likely N-dealkylation sites (tertiary alicyclic amines) is 1. The van der Waals surface area contributed by atoms with Crippen molar-refractivity contribution in [3.05, 3.63) is 41.4 Å². The van der Waals surface area contributed by atoms with Crippen LogP contribution in [0.5, 0.6) is 0 Å². The van der Waals surface area contributed by atoms with Crippen LogP contribution in [0, 0.1) is 12.8 Å². The zero-order valence-corrected chi connectivity index (χ0v) is 16.2. The third kappa shape index (κ3) is 3.95. The summed E-state index contributed by atoms with van der Waals surface area (Å²) in [6, 6.07) is 4.04. The molecule has 2 unspecified atom stereocenters. The molecule has 0 aliphatic carbocycles. The molecule has 6 nitrogen and oxygen atoms in total. The topological polar surface area (TPSA) is 62.5 Å². The fourth-order valence-electron chi connectivity index (χ4n) is 4.36. The minimum atomic E-state index is -4.48.